The number of alkyl halides is 3. The molecule has 0 aliphatic rings. The van der Waals surface area contributed by atoms with E-state index in [0.29, 0.717) is 29.1 Å². The number of hydrogen-bond donors (Lipinski definition) is 1. The van der Waals surface area contributed by atoms with Gasteiger partial charge in [0.15, 0.2) is 0 Å². The van der Waals surface area contributed by atoms with Gasteiger partial charge in [-0.25, -0.2) is 4.98 Å². The van der Waals surface area contributed by atoms with Gasteiger partial charge in [-0.1, -0.05) is 48.9 Å². The van der Waals surface area contributed by atoms with Crippen LogP contribution in [0, 0.1) is 6.92 Å². The number of thioether (sulfide) groups is 1. The van der Waals surface area contributed by atoms with E-state index < -0.39 is 11.7 Å². The van der Waals surface area contributed by atoms with Gasteiger partial charge in [-0.15, -0.1) is 11.8 Å². The van der Waals surface area contributed by atoms with Crippen LogP contribution in [0.2, 0.25) is 0 Å². The maximum Gasteiger partial charge on any atom is 0.416 e. The van der Waals surface area contributed by atoms with E-state index in [2.05, 4.69) is 12.2 Å². The monoisotopic (exact) mass is 559 g/mol. The number of fused-ring (bicyclic) bond motifs is 1. The smallest absolute Gasteiger partial charge is 0.326 e. The van der Waals surface area contributed by atoms with E-state index in [-0.39, 0.29) is 12.3 Å². The standard InChI is InChI=1S/C32H28F3N3OS/c1-3-40-27-15-8-22(9-16-27)18-30(39)36-26-13-10-24(11-14-26)31-37-28-17-12-25(32(33,34)35)19-29(28)38(31)20-23-6-4-21(2)5-7-23/h4-17,19H,3,18,20H2,1-2H3,(H,36,39). The molecule has 1 aromatic heterocycles. The summed E-state index contributed by atoms with van der Waals surface area (Å²) in [7, 11) is 0. The van der Waals surface area contributed by atoms with Crippen LogP contribution in [0.3, 0.4) is 0 Å². The van der Waals surface area contributed by atoms with E-state index in [1.807, 2.05) is 72.2 Å². The van der Waals surface area contributed by atoms with E-state index in [1.165, 1.54) is 11.0 Å². The molecule has 0 bridgehead atoms. The van der Waals surface area contributed by atoms with Gasteiger partial charge in [-0.05, 0) is 78.4 Å². The lowest BCUT2D eigenvalue weighted by molar-refractivity contribution is -0.137. The predicted molar refractivity (Wildman–Crippen MR) is 156 cm³/mol. The molecule has 0 radical (unpaired) electrons. The molecule has 0 fully saturated rings. The molecule has 5 aromatic rings. The molecule has 204 valence electrons. The highest BCUT2D eigenvalue weighted by molar-refractivity contribution is 7.99. The number of nitrogens with zero attached hydrogens (tertiary/aromatic N) is 2. The Labute approximate surface area is 235 Å². The fourth-order valence-electron chi connectivity index (χ4n) is 4.52. The first-order valence-corrected chi connectivity index (χ1v) is 13.9. The van der Waals surface area contributed by atoms with Gasteiger partial charge in [0.25, 0.3) is 0 Å². The third kappa shape index (κ3) is 6.39. The minimum Gasteiger partial charge on any atom is -0.326 e. The SMILES string of the molecule is CCSc1ccc(CC(=O)Nc2ccc(-c3nc4ccc(C(F)(F)F)cc4n3Cc3ccc(C)cc3)cc2)cc1. The molecule has 0 saturated carbocycles. The Morgan fingerprint density at radius 1 is 0.900 bits per heavy atom. The molecule has 40 heavy (non-hydrogen) atoms. The molecule has 1 heterocycles. The highest BCUT2D eigenvalue weighted by atomic mass is 32.2. The van der Waals surface area contributed by atoms with Crippen molar-refractivity contribution in [2.45, 2.75) is 37.9 Å². The fraction of sp³-hybridized carbons (Fsp3) is 0.188. The quantitative estimate of drug-likeness (QED) is 0.194. The van der Waals surface area contributed by atoms with Crippen molar-refractivity contribution >= 4 is 34.4 Å². The lowest BCUT2D eigenvalue weighted by atomic mass is 10.1. The van der Waals surface area contributed by atoms with Crippen LogP contribution in [0.25, 0.3) is 22.4 Å². The number of carbonyl (C=O) groups excluding carboxylic acids is 1. The molecule has 8 heteroatoms. The minimum atomic E-state index is -4.45. The lowest BCUT2D eigenvalue weighted by Crippen LogP contribution is -2.14. The molecule has 0 aliphatic carbocycles. The molecule has 1 N–H and O–H groups in total. The Balaban J connectivity index is 1.40. The van der Waals surface area contributed by atoms with Gasteiger partial charge < -0.3 is 9.88 Å². The van der Waals surface area contributed by atoms with Crippen molar-refractivity contribution in [3.05, 3.63) is 113 Å². The number of amides is 1. The second kappa shape index (κ2) is 11.6. The number of aromatic nitrogens is 2. The van der Waals surface area contributed by atoms with Gasteiger partial charge in [0.2, 0.25) is 5.91 Å². The zero-order valence-corrected chi connectivity index (χ0v) is 22.9. The summed E-state index contributed by atoms with van der Waals surface area (Å²) < 4.78 is 42.4. The summed E-state index contributed by atoms with van der Waals surface area (Å²) in [6, 6.07) is 26.7. The third-order valence-corrected chi connectivity index (χ3v) is 7.46. The highest BCUT2D eigenvalue weighted by Gasteiger charge is 2.31. The maximum atomic E-state index is 13.5. The number of benzene rings is 4. The highest BCUT2D eigenvalue weighted by Crippen LogP contribution is 2.34. The number of hydrogen-bond acceptors (Lipinski definition) is 3. The average Bonchev–Trinajstić information content (AvgIpc) is 3.28. The van der Waals surface area contributed by atoms with Gasteiger partial charge >= 0.3 is 6.18 Å². The molecule has 0 saturated heterocycles. The number of imidazole rings is 1. The molecule has 5 rings (SSSR count). The number of halogens is 3. The largest absolute Gasteiger partial charge is 0.416 e. The van der Waals surface area contributed by atoms with Gasteiger partial charge in [-0.3, -0.25) is 4.79 Å². The topological polar surface area (TPSA) is 46.9 Å². The minimum absolute atomic E-state index is 0.130. The number of nitrogens with one attached hydrogen (secondary N) is 1. The summed E-state index contributed by atoms with van der Waals surface area (Å²) in [5.74, 6) is 1.42. The Kier molecular flexibility index (Phi) is 7.98. The second-order valence-corrected chi connectivity index (χ2v) is 10.9. The zero-order valence-electron chi connectivity index (χ0n) is 22.1. The molecule has 1 amide bonds. The van der Waals surface area contributed by atoms with Crippen LogP contribution < -0.4 is 5.32 Å². The van der Waals surface area contributed by atoms with Crippen molar-refractivity contribution in [3.8, 4) is 11.4 Å². The summed E-state index contributed by atoms with van der Waals surface area (Å²) in [5, 5.41) is 2.92. The molecular weight excluding hydrogens is 531 g/mol. The van der Waals surface area contributed by atoms with Crippen LogP contribution >= 0.6 is 11.8 Å². The Morgan fingerprint density at radius 2 is 1.57 bits per heavy atom. The van der Waals surface area contributed by atoms with Crippen molar-refractivity contribution < 1.29 is 18.0 Å². The summed E-state index contributed by atoms with van der Waals surface area (Å²) in [5.41, 5.74) is 4.53. The first kappa shape index (κ1) is 27.5. The predicted octanol–water partition coefficient (Wildman–Crippen LogP) is 8.37. The van der Waals surface area contributed by atoms with Crippen molar-refractivity contribution in [3.63, 3.8) is 0 Å². The first-order chi connectivity index (χ1) is 19.2. The Morgan fingerprint density at radius 3 is 2.23 bits per heavy atom. The van der Waals surface area contributed by atoms with Crippen molar-refractivity contribution in [1.29, 1.82) is 0 Å². The van der Waals surface area contributed by atoms with Crippen LogP contribution in [0.4, 0.5) is 18.9 Å². The second-order valence-electron chi connectivity index (χ2n) is 9.59. The van der Waals surface area contributed by atoms with Crippen LogP contribution in [0.15, 0.2) is 95.9 Å². The summed E-state index contributed by atoms with van der Waals surface area (Å²) in [4.78, 5) is 18.5. The lowest BCUT2D eigenvalue weighted by Gasteiger charge is -2.12. The summed E-state index contributed by atoms with van der Waals surface area (Å²) in [6.45, 7) is 4.45. The Bertz CT molecular complexity index is 1620. The summed E-state index contributed by atoms with van der Waals surface area (Å²) >= 11 is 1.75. The van der Waals surface area contributed by atoms with E-state index in [4.69, 9.17) is 4.98 Å². The van der Waals surface area contributed by atoms with Gasteiger partial charge in [0.1, 0.15) is 5.82 Å². The molecular formula is C32H28F3N3OS. The molecule has 0 atom stereocenters. The normalized spacial score (nSPS) is 11.6. The Hall–Kier alpha value is -4.04. The van der Waals surface area contributed by atoms with Gasteiger partial charge in [0, 0.05) is 22.7 Å². The fourth-order valence-corrected chi connectivity index (χ4v) is 5.18. The van der Waals surface area contributed by atoms with Crippen molar-refractivity contribution in [2.24, 2.45) is 0 Å². The number of carbonyl (C=O) groups is 1. The molecule has 4 nitrogen and oxygen atoms in total. The van der Waals surface area contributed by atoms with E-state index in [0.717, 1.165) is 40.1 Å². The maximum absolute atomic E-state index is 13.5. The average molecular weight is 560 g/mol. The van der Waals surface area contributed by atoms with Crippen LogP contribution in [-0.2, 0) is 23.9 Å². The third-order valence-electron chi connectivity index (χ3n) is 6.56. The van der Waals surface area contributed by atoms with Gasteiger partial charge in [0.05, 0.1) is 23.0 Å². The molecule has 0 aliphatic heterocycles. The zero-order chi connectivity index (χ0) is 28.3. The van der Waals surface area contributed by atoms with Crippen molar-refractivity contribution in [2.75, 3.05) is 11.1 Å². The van der Waals surface area contributed by atoms with Crippen LogP contribution in [0.1, 0.15) is 29.2 Å². The first-order valence-electron chi connectivity index (χ1n) is 12.9. The van der Waals surface area contributed by atoms with Crippen molar-refractivity contribution in [1.82, 2.24) is 9.55 Å². The molecule has 4 aromatic carbocycles. The number of rotatable bonds is 8. The van der Waals surface area contributed by atoms with E-state index in [9.17, 15) is 18.0 Å². The summed E-state index contributed by atoms with van der Waals surface area (Å²) in [6.07, 6.45) is -4.20. The molecule has 0 unspecified atom stereocenters. The molecule has 0 spiro atoms. The van der Waals surface area contributed by atoms with E-state index >= 15 is 0 Å². The van der Waals surface area contributed by atoms with Crippen LogP contribution in [-0.4, -0.2) is 21.2 Å². The van der Waals surface area contributed by atoms with Crippen LogP contribution in [0.5, 0.6) is 0 Å². The number of anilines is 1. The number of aryl methyl sites for hydroxylation is 1. The van der Waals surface area contributed by atoms with Gasteiger partial charge in [-0.2, -0.15) is 13.2 Å². The van der Waals surface area contributed by atoms with E-state index in [1.54, 1.807) is 23.9 Å².